The van der Waals surface area contributed by atoms with Gasteiger partial charge in [0, 0.05) is 9.85 Å². The molecule has 0 saturated carbocycles. The van der Waals surface area contributed by atoms with Crippen LogP contribution in [0.25, 0.3) is 0 Å². The fourth-order valence-electron chi connectivity index (χ4n) is 1.89. The Hall–Kier alpha value is -1.24. The molecule has 0 radical (unpaired) electrons. The van der Waals surface area contributed by atoms with Gasteiger partial charge in [-0.25, -0.2) is 4.98 Å². The molecule has 0 aliphatic heterocycles. The Bertz CT molecular complexity index is 635. The molecule has 0 fully saturated rings. The lowest BCUT2D eigenvalue weighted by Crippen LogP contribution is -2.41. The van der Waals surface area contributed by atoms with Crippen molar-refractivity contribution in [3.05, 3.63) is 50.4 Å². The Morgan fingerprint density at radius 2 is 2.00 bits per heavy atom. The summed E-state index contributed by atoms with van der Waals surface area (Å²) in [5, 5.41) is 5.52. The summed E-state index contributed by atoms with van der Waals surface area (Å²) in [4.78, 5) is 16.6. The van der Waals surface area contributed by atoms with Crippen molar-refractivity contribution in [3.63, 3.8) is 0 Å². The van der Waals surface area contributed by atoms with Gasteiger partial charge in [0.15, 0.2) is 0 Å². The highest BCUT2D eigenvalue weighted by Crippen LogP contribution is 2.23. The first-order valence-corrected chi connectivity index (χ1v) is 8.26. The van der Waals surface area contributed by atoms with E-state index in [1.54, 1.807) is 5.38 Å². The van der Waals surface area contributed by atoms with Crippen molar-refractivity contribution in [2.45, 2.75) is 32.4 Å². The normalized spacial score (nSPS) is 13.0. The molecule has 2 aromatic rings. The average Bonchev–Trinajstić information content (AvgIpc) is 2.88. The van der Waals surface area contributed by atoms with Crippen molar-refractivity contribution in [2.75, 3.05) is 0 Å². The van der Waals surface area contributed by atoms with Crippen molar-refractivity contribution in [2.24, 2.45) is 5.73 Å². The number of amides is 1. The molecule has 3 N–H and O–H groups in total. The van der Waals surface area contributed by atoms with Gasteiger partial charge in [0.2, 0.25) is 0 Å². The largest absolute Gasteiger partial charge is 0.342 e. The first-order chi connectivity index (χ1) is 9.79. The van der Waals surface area contributed by atoms with E-state index in [0.717, 1.165) is 15.0 Å². The number of hydrogen-bond donors (Lipinski definition) is 2. The van der Waals surface area contributed by atoms with E-state index in [1.165, 1.54) is 11.3 Å². The molecule has 21 heavy (non-hydrogen) atoms. The summed E-state index contributed by atoms with van der Waals surface area (Å²) in [6.07, 6.45) is 0. The quantitative estimate of drug-likeness (QED) is 0.867. The molecular weight excluding hydrogens is 350 g/mol. The van der Waals surface area contributed by atoms with Gasteiger partial charge in [0.05, 0.1) is 11.6 Å². The van der Waals surface area contributed by atoms with Crippen LogP contribution in [0.4, 0.5) is 0 Å². The summed E-state index contributed by atoms with van der Waals surface area (Å²) < 4.78 is 1.01. The summed E-state index contributed by atoms with van der Waals surface area (Å²) in [6, 6.07) is 7.73. The molecule has 1 aromatic carbocycles. The third-order valence-electron chi connectivity index (χ3n) is 3.14. The number of nitrogens with zero attached hydrogens (tertiary/aromatic N) is 1. The van der Waals surface area contributed by atoms with E-state index in [0.29, 0.717) is 5.69 Å². The van der Waals surface area contributed by atoms with Crippen molar-refractivity contribution in [1.29, 1.82) is 0 Å². The summed E-state index contributed by atoms with van der Waals surface area (Å²) >= 11 is 4.81. The maximum Gasteiger partial charge on any atom is 0.271 e. The van der Waals surface area contributed by atoms with Gasteiger partial charge in [-0.05, 0) is 38.5 Å². The minimum absolute atomic E-state index is 0.156. The van der Waals surface area contributed by atoms with Crippen molar-refractivity contribution in [1.82, 2.24) is 10.3 Å². The third kappa shape index (κ3) is 3.90. The predicted octanol–water partition coefficient (Wildman–Crippen LogP) is 3.59. The first kappa shape index (κ1) is 16.1. The van der Waals surface area contributed by atoms with Crippen LogP contribution in [0, 0.1) is 0 Å². The molecule has 0 spiro atoms. The van der Waals surface area contributed by atoms with Gasteiger partial charge in [-0.2, -0.15) is 0 Å². The van der Waals surface area contributed by atoms with Crippen LogP contribution >= 0.6 is 27.3 Å². The van der Waals surface area contributed by atoms with E-state index in [2.05, 4.69) is 26.2 Å². The SMILES string of the molecule is CC(N)c1nc(C(=O)NC(C)(C)c2ccc(Br)cc2)cs1. The number of hydrogen-bond acceptors (Lipinski definition) is 4. The van der Waals surface area contributed by atoms with Gasteiger partial charge < -0.3 is 11.1 Å². The maximum absolute atomic E-state index is 12.3. The van der Waals surface area contributed by atoms with Crippen LogP contribution in [-0.2, 0) is 5.54 Å². The van der Waals surface area contributed by atoms with Crippen LogP contribution in [0.1, 0.15) is 47.9 Å². The fourth-order valence-corrected chi connectivity index (χ4v) is 2.91. The number of nitrogens with one attached hydrogen (secondary N) is 1. The van der Waals surface area contributed by atoms with Gasteiger partial charge in [0.25, 0.3) is 5.91 Å². The summed E-state index contributed by atoms with van der Waals surface area (Å²) in [5.74, 6) is -0.189. The Labute approximate surface area is 136 Å². The Morgan fingerprint density at radius 1 is 1.38 bits per heavy atom. The molecule has 0 aliphatic carbocycles. The third-order valence-corrected chi connectivity index (χ3v) is 4.71. The number of benzene rings is 1. The zero-order chi connectivity index (χ0) is 15.6. The van der Waals surface area contributed by atoms with Crippen LogP contribution in [-0.4, -0.2) is 10.9 Å². The summed E-state index contributed by atoms with van der Waals surface area (Å²) in [5.41, 5.74) is 6.74. The number of rotatable bonds is 4. The molecule has 6 heteroatoms. The molecule has 2 rings (SSSR count). The number of carbonyl (C=O) groups is 1. The van der Waals surface area contributed by atoms with E-state index in [4.69, 9.17) is 5.73 Å². The summed E-state index contributed by atoms with van der Waals surface area (Å²) in [7, 11) is 0. The molecular formula is C15H18BrN3OS. The lowest BCUT2D eigenvalue weighted by atomic mass is 9.94. The lowest BCUT2D eigenvalue weighted by molar-refractivity contribution is 0.0907. The van der Waals surface area contributed by atoms with Crippen molar-refractivity contribution < 1.29 is 4.79 Å². The topological polar surface area (TPSA) is 68.0 Å². The highest BCUT2D eigenvalue weighted by atomic mass is 79.9. The van der Waals surface area contributed by atoms with E-state index < -0.39 is 5.54 Å². The molecule has 1 heterocycles. The van der Waals surface area contributed by atoms with E-state index in [1.807, 2.05) is 45.0 Å². The molecule has 1 unspecified atom stereocenters. The van der Waals surface area contributed by atoms with Crippen LogP contribution < -0.4 is 11.1 Å². The smallest absolute Gasteiger partial charge is 0.271 e. The van der Waals surface area contributed by atoms with Gasteiger partial charge in [-0.1, -0.05) is 28.1 Å². The highest BCUT2D eigenvalue weighted by molar-refractivity contribution is 9.10. The fraction of sp³-hybridized carbons (Fsp3) is 0.333. The van der Waals surface area contributed by atoms with E-state index in [-0.39, 0.29) is 11.9 Å². The maximum atomic E-state index is 12.3. The predicted molar refractivity (Wildman–Crippen MR) is 89.4 cm³/mol. The molecule has 1 atom stereocenters. The van der Waals surface area contributed by atoms with Gasteiger partial charge >= 0.3 is 0 Å². The average molecular weight is 368 g/mol. The van der Waals surface area contributed by atoms with E-state index in [9.17, 15) is 4.79 Å². The van der Waals surface area contributed by atoms with Gasteiger partial charge in [-0.3, -0.25) is 4.79 Å². The minimum atomic E-state index is -0.476. The zero-order valence-electron chi connectivity index (χ0n) is 12.2. The highest BCUT2D eigenvalue weighted by Gasteiger charge is 2.24. The van der Waals surface area contributed by atoms with Crippen LogP contribution in [0.5, 0.6) is 0 Å². The summed E-state index contributed by atoms with van der Waals surface area (Å²) in [6.45, 7) is 5.78. The van der Waals surface area contributed by atoms with Crippen molar-refractivity contribution in [3.8, 4) is 0 Å². The number of nitrogens with two attached hydrogens (primary N) is 1. The first-order valence-electron chi connectivity index (χ1n) is 6.59. The lowest BCUT2D eigenvalue weighted by Gasteiger charge is -2.26. The second kappa shape index (κ2) is 6.25. The molecule has 0 saturated heterocycles. The number of carbonyl (C=O) groups excluding carboxylic acids is 1. The molecule has 1 aromatic heterocycles. The van der Waals surface area contributed by atoms with Crippen LogP contribution in [0.15, 0.2) is 34.1 Å². The van der Waals surface area contributed by atoms with Gasteiger partial charge in [0.1, 0.15) is 10.7 Å². The van der Waals surface area contributed by atoms with Crippen LogP contribution in [0.3, 0.4) is 0 Å². The molecule has 0 bridgehead atoms. The van der Waals surface area contributed by atoms with Crippen molar-refractivity contribution >= 4 is 33.2 Å². The molecule has 1 amide bonds. The Balaban J connectivity index is 2.15. The second-order valence-corrected chi connectivity index (χ2v) is 7.25. The Kier molecular flexibility index (Phi) is 4.81. The zero-order valence-corrected chi connectivity index (χ0v) is 14.6. The number of aromatic nitrogens is 1. The molecule has 112 valence electrons. The number of thiazole rings is 1. The molecule has 4 nitrogen and oxygen atoms in total. The van der Waals surface area contributed by atoms with Gasteiger partial charge in [-0.15, -0.1) is 11.3 Å². The van der Waals surface area contributed by atoms with E-state index >= 15 is 0 Å². The Morgan fingerprint density at radius 3 is 2.52 bits per heavy atom. The molecule has 0 aliphatic rings. The second-order valence-electron chi connectivity index (χ2n) is 5.45. The minimum Gasteiger partial charge on any atom is -0.342 e. The van der Waals surface area contributed by atoms with Crippen LogP contribution in [0.2, 0.25) is 0 Å². The number of halogens is 1. The monoisotopic (exact) mass is 367 g/mol. The standard InChI is InChI=1S/C15H18BrN3OS/c1-9(17)14-18-12(8-21-14)13(20)19-15(2,3)10-4-6-11(16)7-5-10/h4-9H,17H2,1-3H3,(H,19,20).